The smallest absolute Gasteiger partial charge is 0.256 e. The Morgan fingerprint density at radius 3 is 2.32 bits per heavy atom. The van der Waals surface area contributed by atoms with Crippen molar-refractivity contribution in [3.05, 3.63) is 89.5 Å². The van der Waals surface area contributed by atoms with Crippen LogP contribution in [0.25, 0.3) is 0 Å². The van der Waals surface area contributed by atoms with Crippen LogP contribution in [0.4, 0.5) is 5.69 Å². The third-order valence-corrected chi connectivity index (χ3v) is 16.0. The molecule has 3 aliphatic rings. The van der Waals surface area contributed by atoms with Crippen LogP contribution in [0.2, 0.25) is 18.6 Å². The van der Waals surface area contributed by atoms with Crippen molar-refractivity contribution >= 4 is 30.8 Å². The molecule has 2 saturated heterocycles. The van der Waals surface area contributed by atoms with Crippen molar-refractivity contribution in [1.82, 2.24) is 4.90 Å². The van der Waals surface area contributed by atoms with Gasteiger partial charge in [0.15, 0.2) is 12.4 Å². The number of rotatable bonds is 11. The number of nitrogens with one attached hydrogen (secondary N) is 1. The molecule has 13 heteroatoms. The van der Waals surface area contributed by atoms with Crippen LogP contribution in [-0.4, -0.2) is 113 Å². The van der Waals surface area contributed by atoms with Gasteiger partial charge in [-0.25, -0.2) is 0 Å². The number of carbonyl (C=O) groups is 2. The molecule has 3 aliphatic heterocycles. The summed E-state index contributed by atoms with van der Waals surface area (Å²) in [6.07, 6.45) is -6.95. The standard InChI is InChI=1S/C40H52N2O10Si/c1-23-31(17-12-24-8-7-11-27(18-24)41-39(48)37-35(46)34(45)36(47)40(49)52-37)51-32(38(23)53(3,4)30-15-13-29(50-2)14-16-30)20-33(44)42-21-26-10-6-5-9-25(26)19-28(42)22-43/h5-11,13-16,18,23,28,31-32,34-38,40,43,45-47,49H,12,17,19-22H2,1-4H3,(H,41,48)/t23-,28+,31+,32-,34+,35+,36-,37+,38+,40-/m1/s1. The van der Waals surface area contributed by atoms with Gasteiger partial charge < -0.3 is 50.0 Å². The topological polar surface area (TPSA) is 178 Å². The second-order valence-electron chi connectivity index (χ2n) is 15.2. The molecule has 6 rings (SSSR count). The quantitative estimate of drug-likeness (QED) is 0.159. The van der Waals surface area contributed by atoms with Gasteiger partial charge in [0.2, 0.25) is 5.91 Å². The molecule has 0 spiro atoms. The summed E-state index contributed by atoms with van der Waals surface area (Å²) < 4.78 is 17.4. The van der Waals surface area contributed by atoms with Gasteiger partial charge in [0.25, 0.3) is 5.91 Å². The first-order valence-electron chi connectivity index (χ1n) is 18.4. The molecule has 2 fully saturated rings. The number of nitrogens with zero attached hydrogens (tertiary/aromatic N) is 1. The van der Waals surface area contributed by atoms with Crippen molar-refractivity contribution in [1.29, 1.82) is 0 Å². The fraction of sp³-hybridized carbons (Fsp3) is 0.500. The predicted octanol–water partition coefficient (Wildman–Crippen LogP) is 2.09. The number of methoxy groups -OCH3 is 1. The molecule has 3 aromatic rings. The van der Waals surface area contributed by atoms with E-state index in [0.29, 0.717) is 31.5 Å². The fourth-order valence-electron chi connectivity index (χ4n) is 8.58. The normalized spacial score (nSPS) is 30.1. The Kier molecular flexibility index (Phi) is 12.1. The molecule has 3 aromatic carbocycles. The van der Waals surface area contributed by atoms with Gasteiger partial charge in [0.1, 0.15) is 24.1 Å². The van der Waals surface area contributed by atoms with Crippen molar-refractivity contribution in [3.63, 3.8) is 0 Å². The Hall–Kier alpha value is -3.66. The molecule has 0 saturated carbocycles. The molecule has 0 bridgehead atoms. The van der Waals surface area contributed by atoms with Gasteiger partial charge in [0.05, 0.1) is 46.5 Å². The highest BCUT2D eigenvalue weighted by Gasteiger charge is 2.51. The van der Waals surface area contributed by atoms with E-state index in [1.165, 1.54) is 5.19 Å². The summed E-state index contributed by atoms with van der Waals surface area (Å²) >= 11 is 0. The lowest BCUT2D eigenvalue weighted by atomic mass is 9.93. The van der Waals surface area contributed by atoms with Crippen LogP contribution >= 0.6 is 0 Å². The molecular formula is C40H52N2O10Si. The highest BCUT2D eigenvalue weighted by Crippen LogP contribution is 2.47. The molecule has 286 valence electrons. The number of hydrogen-bond donors (Lipinski definition) is 6. The summed E-state index contributed by atoms with van der Waals surface area (Å²) in [5.74, 6) is 0.127. The maximum absolute atomic E-state index is 14.2. The van der Waals surface area contributed by atoms with E-state index in [0.717, 1.165) is 22.4 Å². The van der Waals surface area contributed by atoms with Crippen LogP contribution in [0.3, 0.4) is 0 Å². The molecule has 6 N–H and O–H groups in total. The van der Waals surface area contributed by atoms with Gasteiger partial charge in [-0.1, -0.05) is 73.7 Å². The van der Waals surface area contributed by atoms with Crippen LogP contribution in [-0.2, 0) is 38.4 Å². The molecule has 12 nitrogen and oxygen atoms in total. The third kappa shape index (κ3) is 8.22. The number of fused-ring (bicyclic) bond motifs is 1. The highest BCUT2D eigenvalue weighted by atomic mass is 28.3. The SMILES string of the molecule is COc1ccc([Si](C)(C)[C@H]2[C@H](C)[C@H](CCc3cccc(NC(=O)[C@H]4O[C@@H](O)[C@H](O)[C@@H](O)[C@@H]4O)c3)O[C@@H]2CC(=O)N2Cc3ccccc3C[C@H]2CO)cc1. The Balaban J connectivity index is 1.18. The molecule has 0 aliphatic carbocycles. The summed E-state index contributed by atoms with van der Waals surface area (Å²) in [5, 5.41) is 54.2. The van der Waals surface area contributed by atoms with Gasteiger partial charge in [-0.15, -0.1) is 0 Å². The zero-order valence-electron chi connectivity index (χ0n) is 30.7. The van der Waals surface area contributed by atoms with E-state index in [2.05, 4.69) is 43.5 Å². The fourth-order valence-corrected chi connectivity index (χ4v) is 12.6. The largest absolute Gasteiger partial charge is 0.497 e. The maximum atomic E-state index is 14.2. The molecule has 53 heavy (non-hydrogen) atoms. The van der Waals surface area contributed by atoms with Gasteiger partial charge in [-0.05, 0) is 71.7 Å². The van der Waals surface area contributed by atoms with E-state index < -0.39 is 44.7 Å². The summed E-state index contributed by atoms with van der Waals surface area (Å²) in [5.41, 5.74) is 3.75. The minimum absolute atomic E-state index is 0.0222. The first kappa shape index (κ1) is 39.0. The van der Waals surface area contributed by atoms with Crippen molar-refractivity contribution in [3.8, 4) is 5.75 Å². The van der Waals surface area contributed by atoms with Crippen molar-refractivity contribution in [2.75, 3.05) is 19.0 Å². The van der Waals surface area contributed by atoms with Crippen LogP contribution < -0.4 is 15.2 Å². The van der Waals surface area contributed by atoms with E-state index in [9.17, 15) is 35.1 Å². The molecule has 0 aromatic heterocycles. The Labute approximate surface area is 311 Å². The number of ether oxygens (including phenoxy) is 3. The first-order chi connectivity index (χ1) is 25.3. The molecule has 10 atom stereocenters. The number of aliphatic hydroxyl groups excluding tert-OH is 5. The first-order valence-corrected chi connectivity index (χ1v) is 21.4. The predicted molar refractivity (Wildman–Crippen MR) is 200 cm³/mol. The Morgan fingerprint density at radius 2 is 1.62 bits per heavy atom. The summed E-state index contributed by atoms with van der Waals surface area (Å²) in [6, 6.07) is 23.3. The monoisotopic (exact) mass is 748 g/mol. The number of aliphatic hydroxyl groups is 5. The molecule has 0 unspecified atom stereocenters. The lowest BCUT2D eigenvalue weighted by Crippen LogP contribution is -2.60. The average molecular weight is 749 g/mol. The number of benzene rings is 3. The van der Waals surface area contributed by atoms with Crippen molar-refractivity contribution < 1.29 is 49.3 Å². The Morgan fingerprint density at radius 1 is 0.906 bits per heavy atom. The van der Waals surface area contributed by atoms with Gasteiger partial charge in [-0.2, -0.15) is 0 Å². The highest BCUT2D eigenvalue weighted by molar-refractivity contribution is 6.91. The van der Waals surface area contributed by atoms with E-state index in [1.54, 1.807) is 19.2 Å². The number of carbonyl (C=O) groups excluding carboxylic acids is 2. The van der Waals surface area contributed by atoms with Gasteiger partial charge in [-0.3, -0.25) is 9.59 Å². The number of aryl methyl sites for hydroxylation is 1. The minimum atomic E-state index is -2.25. The molecular weight excluding hydrogens is 697 g/mol. The van der Waals surface area contributed by atoms with E-state index in [-0.39, 0.29) is 48.6 Å². The van der Waals surface area contributed by atoms with Crippen molar-refractivity contribution in [2.45, 2.75) is 107 Å². The molecule has 0 radical (unpaired) electrons. The van der Waals surface area contributed by atoms with E-state index in [4.69, 9.17) is 14.2 Å². The van der Waals surface area contributed by atoms with Crippen LogP contribution in [0.5, 0.6) is 5.75 Å². The van der Waals surface area contributed by atoms with Crippen LogP contribution in [0, 0.1) is 5.92 Å². The van der Waals surface area contributed by atoms with Crippen molar-refractivity contribution in [2.24, 2.45) is 5.92 Å². The number of amides is 2. The van der Waals surface area contributed by atoms with Gasteiger partial charge >= 0.3 is 0 Å². The second kappa shape index (κ2) is 16.4. The summed E-state index contributed by atoms with van der Waals surface area (Å²) in [4.78, 5) is 28.9. The lowest BCUT2D eigenvalue weighted by molar-refractivity contribution is -0.274. The van der Waals surface area contributed by atoms with E-state index in [1.807, 2.05) is 47.4 Å². The zero-order chi connectivity index (χ0) is 38.0. The Bertz CT molecular complexity index is 1740. The summed E-state index contributed by atoms with van der Waals surface area (Å²) in [7, 11) is -0.603. The summed E-state index contributed by atoms with van der Waals surface area (Å²) in [6.45, 7) is 7.24. The molecule has 3 heterocycles. The third-order valence-electron chi connectivity index (χ3n) is 11.6. The minimum Gasteiger partial charge on any atom is -0.497 e. The number of anilines is 1. The molecule has 2 amide bonds. The van der Waals surface area contributed by atoms with Crippen LogP contribution in [0.15, 0.2) is 72.8 Å². The lowest BCUT2D eigenvalue weighted by Gasteiger charge is -2.39. The zero-order valence-corrected chi connectivity index (χ0v) is 31.7. The second-order valence-corrected chi connectivity index (χ2v) is 19.9. The maximum Gasteiger partial charge on any atom is 0.256 e. The van der Waals surface area contributed by atoms with E-state index >= 15 is 0 Å². The van der Waals surface area contributed by atoms with Gasteiger partial charge in [0, 0.05) is 12.2 Å². The average Bonchev–Trinajstić information content (AvgIpc) is 3.48. The van der Waals surface area contributed by atoms with Crippen LogP contribution in [0.1, 0.15) is 36.5 Å². The number of hydrogen-bond acceptors (Lipinski definition) is 10.